The molecule has 2 aromatic rings. The highest BCUT2D eigenvalue weighted by molar-refractivity contribution is 5.55. The summed E-state index contributed by atoms with van der Waals surface area (Å²) in [6.07, 6.45) is 26.3. The third-order valence-corrected chi connectivity index (χ3v) is 6.85. The van der Waals surface area contributed by atoms with Gasteiger partial charge in [-0.15, -0.1) is 0 Å². The Balaban J connectivity index is 1.55. The molecule has 0 aliphatic heterocycles. The van der Waals surface area contributed by atoms with Crippen molar-refractivity contribution in [1.82, 2.24) is 9.97 Å². The van der Waals surface area contributed by atoms with Gasteiger partial charge in [-0.25, -0.2) is 9.97 Å². The zero-order valence-electron chi connectivity index (χ0n) is 23.1. The zero-order valence-corrected chi connectivity index (χ0v) is 23.1. The topological polar surface area (TPSA) is 35.0 Å². The van der Waals surface area contributed by atoms with Gasteiger partial charge in [0.2, 0.25) is 0 Å². The lowest BCUT2D eigenvalue weighted by atomic mass is 10.0. The van der Waals surface area contributed by atoms with Crippen LogP contribution in [-0.4, -0.2) is 16.6 Å². The fourth-order valence-electron chi connectivity index (χ4n) is 4.55. The van der Waals surface area contributed by atoms with Crippen LogP contribution in [-0.2, 0) is 6.42 Å². The predicted octanol–water partition coefficient (Wildman–Crippen LogP) is 9.98. The second-order valence-electron chi connectivity index (χ2n) is 10.7. The molecule has 0 spiro atoms. The van der Waals surface area contributed by atoms with Crippen LogP contribution in [0.2, 0.25) is 0 Å². The first-order chi connectivity index (χ1) is 17.2. The van der Waals surface area contributed by atoms with Crippen LogP contribution in [0.15, 0.2) is 36.7 Å². The van der Waals surface area contributed by atoms with Crippen molar-refractivity contribution in [2.24, 2.45) is 5.92 Å². The van der Waals surface area contributed by atoms with E-state index in [4.69, 9.17) is 4.74 Å². The van der Waals surface area contributed by atoms with Gasteiger partial charge in [0, 0.05) is 5.56 Å². The Labute approximate surface area is 216 Å². The molecular formula is C32H52N2O. The number of hydrogen-bond donors (Lipinski definition) is 0. The molecule has 0 aliphatic rings. The number of aryl methyl sites for hydroxylation is 1. The number of unbranched alkanes of at least 4 members (excludes halogenated alkanes) is 13. The van der Waals surface area contributed by atoms with Gasteiger partial charge in [-0.3, -0.25) is 0 Å². The fraction of sp³-hybridized carbons (Fsp3) is 0.688. The molecule has 0 fully saturated rings. The summed E-state index contributed by atoms with van der Waals surface area (Å²) in [4.78, 5) is 9.06. The molecule has 35 heavy (non-hydrogen) atoms. The van der Waals surface area contributed by atoms with Crippen molar-refractivity contribution in [2.45, 2.75) is 130 Å². The second-order valence-corrected chi connectivity index (χ2v) is 10.7. The lowest BCUT2D eigenvalue weighted by molar-refractivity contribution is 0.302. The molecule has 0 radical (unpaired) electrons. The first-order valence-electron chi connectivity index (χ1n) is 14.7. The smallest absolute Gasteiger partial charge is 0.159 e. The zero-order chi connectivity index (χ0) is 25.0. The average Bonchev–Trinajstić information content (AvgIpc) is 2.87. The van der Waals surface area contributed by atoms with Crippen molar-refractivity contribution in [2.75, 3.05) is 6.61 Å². The average molecular weight is 481 g/mol. The standard InChI is InChI=1S/C32H52N2O/c1-4-5-6-7-8-9-10-11-15-18-25-35-31-26-33-32(34-27-31)30-23-21-29(22-24-30)20-17-14-12-13-16-19-28(2)3/h21-24,26-28H,4-20,25H2,1-3H3. The molecule has 3 heteroatoms. The minimum atomic E-state index is 0.756. The van der Waals surface area contributed by atoms with E-state index in [1.54, 1.807) is 0 Å². The van der Waals surface area contributed by atoms with Crippen molar-refractivity contribution in [3.05, 3.63) is 42.2 Å². The molecule has 0 bridgehead atoms. The minimum absolute atomic E-state index is 0.756. The van der Waals surface area contributed by atoms with Crippen LogP contribution >= 0.6 is 0 Å². The Morgan fingerprint density at radius 3 is 1.80 bits per heavy atom. The Kier molecular flexibility index (Phi) is 16.2. The molecular weight excluding hydrogens is 428 g/mol. The molecule has 0 N–H and O–H groups in total. The molecule has 0 amide bonds. The Bertz CT molecular complexity index is 739. The van der Waals surface area contributed by atoms with Crippen LogP contribution in [0.1, 0.15) is 129 Å². The first kappa shape index (κ1) is 29.3. The summed E-state index contributed by atoms with van der Waals surface area (Å²) in [6, 6.07) is 8.76. The van der Waals surface area contributed by atoms with Crippen LogP contribution in [0.25, 0.3) is 11.4 Å². The summed E-state index contributed by atoms with van der Waals surface area (Å²) in [5.41, 5.74) is 2.48. The van der Waals surface area contributed by atoms with Gasteiger partial charge < -0.3 is 4.74 Å². The summed E-state index contributed by atoms with van der Waals surface area (Å²) in [7, 11) is 0. The van der Waals surface area contributed by atoms with Crippen molar-refractivity contribution < 1.29 is 4.74 Å². The molecule has 1 heterocycles. The maximum atomic E-state index is 5.85. The highest BCUT2D eigenvalue weighted by atomic mass is 16.5. The van der Waals surface area contributed by atoms with E-state index in [1.807, 2.05) is 12.4 Å². The van der Waals surface area contributed by atoms with E-state index in [9.17, 15) is 0 Å². The number of nitrogens with zero attached hydrogens (tertiary/aromatic N) is 2. The van der Waals surface area contributed by atoms with Gasteiger partial charge in [0.25, 0.3) is 0 Å². The summed E-state index contributed by atoms with van der Waals surface area (Å²) in [5, 5.41) is 0. The van der Waals surface area contributed by atoms with Crippen molar-refractivity contribution >= 4 is 0 Å². The van der Waals surface area contributed by atoms with Crippen molar-refractivity contribution in [3.8, 4) is 17.1 Å². The number of rotatable bonds is 21. The van der Waals surface area contributed by atoms with Crippen LogP contribution in [0, 0.1) is 5.92 Å². The van der Waals surface area contributed by atoms with Gasteiger partial charge in [-0.2, -0.15) is 0 Å². The van der Waals surface area contributed by atoms with Crippen LogP contribution in [0.4, 0.5) is 0 Å². The number of ether oxygens (including phenoxy) is 1. The highest BCUT2D eigenvalue weighted by Gasteiger charge is 2.03. The largest absolute Gasteiger partial charge is 0.490 e. The monoisotopic (exact) mass is 480 g/mol. The third-order valence-electron chi connectivity index (χ3n) is 6.85. The highest BCUT2D eigenvalue weighted by Crippen LogP contribution is 2.19. The second kappa shape index (κ2) is 19.3. The van der Waals surface area contributed by atoms with Gasteiger partial charge in [0.15, 0.2) is 11.6 Å². The minimum Gasteiger partial charge on any atom is -0.490 e. The Morgan fingerprint density at radius 1 is 0.657 bits per heavy atom. The molecule has 3 nitrogen and oxygen atoms in total. The van der Waals surface area contributed by atoms with Gasteiger partial charge >= 0.3 is 0 Å². The summed E-state index contributed by atoms with van der Waals surface area (Å²) in [6.45, 7) is 7.67. The van der Waals surface area contributed by atoms with E-state index in [-0.39, 0.29) is 0 Å². The quantitative estimate of drug-likeness (QED) is 0.167. The first-order valence-corrected chi connectivity index (χ1v) is 14.7. The normalized spacial score (nSPS) is 11.3. The van der Waals surface area contributed by atoms with E-state index in [1.165, 1.54) is 102 Å². The number of hydrogen-bond acceptors (Lipinski definition) is 3. The number of benzene rings is 1. The van der Waals surface area contributed by atoms with E-state index in [0.29, 0.717) is 0 Å². The molecule has 196 valence electrons. The lowest BCUT2D eigenvalue weighted by Gasteiger charge is -2.07. The van der Waals surface area contributed by atoms with Crippen LogP contribution < -0.4 is 4.74 Å². The van der Waals surface area contributed by atoms with E-state index in [2.05, 4.69) is 55.0 Å². The maximum Gasteiger partial charge on any atom is 0.159 e. The Morgan fingerprint density at radius 2 is 1.20 bits per heavy atom. The molecule has 0 unspecified atom stereocenters. The van der Waals surface area contributed by atoms with Crippen LogP contribution in [0.3, 0.4) is 0 Å². The molecule has 1 aromatic heterocycles. The third kappa shape index (κ3) is 14.3. The van der Waals surface area contributed by atoms with E-state index in [0.717, 1.165) is 42.5 Å². The molecule has 1 aromatic carbocycles. The van der Waals surface area contributed by atoms with E-state index >= 15 is 0 Å². The summed E-state index contributed by atoms with van der Waals surface area (Å²) < 4.78 is 5.85. The van der Waals surface area contributed by atoms with Gasteiger partial charge in [0.1, 0.15) is 0 Å². The molecule has 0 saturated heterocycles. The molecule has 0 saturated carbocycles. The molecule has 2 rings (SSSR count). The number of aromatic nitrogens is 2. The van der Waals surface area contributed by atoms with E-state index < -0.39 is 0 Å². The Hall–Kier alpha value is -1.90. The van der Waals surface area contributed by atoms with Gasteiger partial charge in [0.05, 0.1) is 19.0 Å². The van der Waals surface area contributed by atoms with Crippen LogP contribution in [0.5, 0.6) is 5.75 Å². The lowest BCUT2D eigenvalue weighted by Crippen LogP contribution is -1.99. The summed E-state index contributed by atoms with van der Waals surface area (Å²) in [5.74, 6) is 2.39. The van der Waals surface area contributed by atoms with Gasteiger partial charge in [-0.1, -0.05) is 135 Å². The predicted molar refractivity (Wildman–Crippen MR) is 151 cm³/mol. The molecule has 0 aliphatic carbocycles. The van der Waals surface area contributed by atoms with Crippen molar-refractivity contribution in [1.29, 1.82) is 0 Å². The van der Waals surface area contributed by atoms with Gasteiger partial charge in [-0.05, 0) is 30.7 Å². The SMILES string of the molecule is CCCCCCCCCCCCOc1cnc(-c2ccc(CCCCCCCC(C)C)cc2)nc1. The van der Waals surface area contributed by atoms with Crippen molar-refractivity contribution in [3.63, 3.8) is 0 Å². The summed E-state index contributed by atoms with van der Waals surface area (Å²) >= 11 is 0. The maximum absolute atomic E-state index is 5.85. The molecule has 0 atom stereocenters. The fourth-order valence-corrected chi connectivity index (χ4v) is 4.55.